The summed E-state index contributed by atoms with van der Waals surface area (Å²) in [5, 5.41) is 0. The Bertz CT molecular complexity index is 126. The lowest BCUT2D eigenvalue weighted by Gasteiger charge is -2.21. The minimum absolute atomic E-state index is 0.451. The summed E-state index contributed by atoms with van der Waals surface area (Å²) >= 11 is 11.5. The second kappa shape index (κ2) is 7.75. The first-order valence-corrected chi connectivity index (χ1v) is 5.82. The van der Waals surface area contributed by atoms with Crippen LogP contribution in [0.5, 0.6) is 0 Å². The number of alkyl halides is 2. The minimum atomic E-state index is -0.632. The summed E-state index contributed by atoms with van der Waals surface area (Å²) < 4.78 is 10.9. The second-order valence-corrected chi connectivity index (χ2v) is 5.32. The zero-order valence-electron chi connectivity index (χ0n) is 9.30. The van der Waals surface area contributed by atoms with Crippen molar-refractivity contribution in [2.75, 3.05) is 13.2 Å². The Morgan fingerprint density at radius 2 is 1.21 bits per heavy atom. The summed E-state index contributed by atoms with van der Waals surface area (Å²) in [6.45, 7) is 9.49. The van der Waals surface area contributed by atoms with Crippen LogP contribution in [0, 0.1) is 11.8 Å². The molecule has 14 heavy (non-hydrogen) atoms. The largest absolute Gasteiger partial charge is 0.350 e. The van der Waals surface area contributed by atoms with E-state index in [0.717, 1.165) is 0 Å². The van der Waals surface area contributed by atoms with E-state index in [2.05, 4.69) is 27.7 Å². The van der Waals surface area contributed by atoms with E-state index < -0.39 is 11.1 Å². The van der Waals surface area contributed by atoms with Gasteiger partial charge in [0, 0.05) is 0 Å². The third-order valence-corrected chi connectivity index (χ3v) is 1.80. The van der Waals surface area contributed by atoms with Crippen molar-refractivity contribution in [3.8, 4) is 0 Å². The van der Waals surface area contributed by atoms with Crippen LogP contribution in [-0.2, 0) is 9.47 Å². The van der Waals surface area contributed by atoms with E-state index in [-0.39, 0.29) is 0 Å². The van der Waals surface area contributed by atoms with E-state index >= 15 is 0 Å². The van der Waals surface area contributed by atoms with Crippen molar-refractivity contribution in [1.29, 1.82) is 0 Å². The van der Waals surface area contributed by atoms with Crippen LogP contribution in [0.15, 0.2) is 0 Å². The smallest absolute Gasteiger partial charge is 0.187 e. The van der Waals surface area contributed by atoms with Crippen LogP contribution >= 0.6 is 23.2 Å². The molecule has 0 aliphatic heterocycles. The third-order valence-electron chi connectivity index (χ3n) is 1.39. The van der Waals surface area contributed by atoms with Gasteiger partial charge in [-0.2, -0.15) is 0 Å². The number of ether oxygens (including phenoxy) is 2. The topological polar surface area (TPSA) is 18.5 Å². The molecule has 0 aromatic heterocycles. The summed E-state index contributed by atoms with van der Waals surface area (Å²) in [4.78, 5) is -0.632. The van der Waals surface area contributed by atoms with Crippen molar-refractivity contribution in [3.63, 3.8) is 0 Å². The quantitative estimate of drug-likeness (QED) is 0.503. The molecule has 0 atom stereocenters. The SMILES string of the molecule is CC(C)COC(OCC(C)C)C(Cl)Cl. The number of hydrogen-bond acceptors (Lipinski definition) is 2. The Balaban J connectivity index is 3.78. The lowest BCUT2D eigenvalue weighted by Crippen LogP contribution is -2.27. The van der Waals surface area contributed by atoms with Crippen LogP contribution in [0.2, 0.25) is 0 Å². The van der Waals surface area contributed by atoms with Crippen LogP contribution < -0.4 is 0 Å². The molecule has 0 aliphatic rings. The van der Waals surface area contributed by atoms with Gasteiger partial charge in [0.05, 0.1) is 13.2 Å². The highest BCUT2D eigenvalue weighted by Crippen LogP contribution is 2.15. The van der Waals surface area contributed by atoms with Gasteiger partial charge in [-0.3, -0.25) is 0 Å². The molecule has 0 fully saturated rings. The Morgan fingerprint density at radius 1 is 0.857 bits per heavy atom. The fourth-order valence-corrected chi connectivity index (χ4v) is 1.06. The number of hydrogen-bond donors (Lipinski definition) is 0. The zero-order valence-corrected chi connectivity index (χ0v) is 10.8. The van der Waals surface area contributed by atoms with Crippen molar-refractivity contribution in [2.45, 2.75) is 38.8 Å². The number of halogens is 2. The molecule has 0 rings (SSSR count). The first-order chi connectivity index (χ1) is 6.43. The Hall–Kier alpha value is 0.500. The first-order valence-electron chi connectivity index (χ1n) is 4.94. The molecule has 0 heterocycles. The summed E-state index contributed by atoms with van der Waals surface area (Å²) in [5.41, 5.74) is 0. The molecular formula is C10H20Cl2O2. The van der Waals surface area contributed by atoms with E-state index in [4.69, 9.17) is 32.7 Å². The standard InChI is InChI=1S/C10H20Cl2O2/c1-7(2)5-13-10(9(11)12)14-6-8(3)4/h7-10H,5-6H2,1-4H3. The first kappa shape index (κ1) is 14.5. The predicted octanol–water partition coefficient (Wildman–Crippen LogP) is 3.46. The average molecular weight is 243 g/mol. The molecule has 0 amide bonds. The van der Waals surface area contributed by atoms with Gasteiger partial charge >= 0.3 is 0 Å². The fraction of sp³-hybridized carbons (Fsp3) is 1.00. The molecule has 0 bridgehead atoms. The van der Waals surface area contributed by atoms with Gasteiger partial charge in [-0.1, -0.05) is 50.9 Å². The molecule has 0 saturated heterocycles. The van der Waals surface area contributed by atoms with Gasteiger partial charge in [0.25, 0.3) is 0 Å². The lowest BCUT2D eigenvalue weighted by atomic mass is 10.2. The van der Waals surface area contributed by atoms with Crippen molar-refractivity contribution >= 4 is 23.2 Å². The summed E-state index contributed by atoms with van der Waals surface area (Å²) in [6.07, 6.45) is -0.511. The van der Waals surface area contributed by atoms with E-state index in [9.17, 15) is 0 Å². The van der Waals surface area contributed by atoms with Crippen LogP contribution in [0.25, 0.3) is 0 Å². The molecule has 0 radical (unpaired) electrons. The maximum atomic E-state index is 5.73. The predicted molar refractivity (Wildman–Crippen MR) is 60.9 cm³/mol. The molecule has 0 unspecified atom stereocenters. The molecule has 86 valence electrons. The van der Waals surface area contributed by atoms with Crippen molar-refractivity contribution in [3.05, 3.63) is 0 Å². The molecule has 0 aromatic rings. The van der Waals surface area contributed by atoms with Crippen LogP contribution in [0.1, 0.15) is 27.7 Å². The lowest BCUT2D eigenvalue weighted by molar-refractivity contribution is -0.145. The van der Waals surface area contributed by atoms with Gasteiger partial charge in [0.2, 0.25) is 0 Å². The van der Waals surface area contributed by atoms with E-state index in [1.54, 1.807) is 0 Å². The minimum Gasteiger partial charge on any atom is -0.350 e. The number of rotatable bonds is 7. The molecule has 0 aromatic carbocycles. The zero-order chi connectivity index (χ0) is 11.1. The Kier molecular flexibility index (Phi) is 8.02. The van der Waals surface area contributed by atoms with Crippen molar-refractivity contribution in [1.82, 2.24) is 0 Å². The molecule has 0 spiro atoms. The van der Waals surface area contributed by atoms with E-state index in [0.29, 0.717) is 25.0 Å². The molecule has 0 saturated carbocycles. The highest BCUT2D eigenvalue weighted by Gasteiger charge is 2.19. The van der Waals surface area contributed by atoms with Crippen LogP contribution in [0.3, 0.4) is 0 Å². The van der Waals surface area contributed by atoms with Gasteiger partial charge in [-0.15, -0.1) is 0 Å². The molecule has 4 heteroatoms. The van der Waals surface area contributed by atoms with Gasteiger partial charge in [0.1, 0.15) is 0 Å². The third kappa shape index (κ3) is 7.86. The monoisotopic (exact) mass is 242 g/mol. The van der Waals surface area contributed by atoms with Crippen LogP contribution in [0.4, 0.5) is 0 Å². The molecule has 0 aliphatic carbocycles. The van der Waals surface area contributed by atoms with E-state index in [1.165, 1.54) is 0 Å². The maximum Gasteiger partial charge on any atom is 0.187 e. The summed E-state index contributed by atoms with van der Waals surface area (Å²) in [6, 6.07) is 0. The Morgan fingerprint density at radius 3 is 1.43 bits per heavy atom. The molecular weight excluding hydrogens is 223 g/mol. The normalized spacial score (nSPS) is 12.4. The van der Waals surface area contributed by atoms with Crippen molar-refractivity contribution < 1.29 is 9.47 Å². The van der Waals surface area contributed by atoms with Gasteiger partial charge < -0.3 is 9.47 Å². The van der Waals surface area contributed by atoms with Crippen LogP contribution in [-0.4, -0.2) is 24.3 Å². The second-order valence-electron chi connectivity index (χ2n) is 4.16. The highest BCUT2D eigenvalue weighted by atomic mass is 35.5. The summed E-state index contributed by atoms with van der Waals surface area (Å²) in [7, 11) is 0. The molecule has 2 nitrogen and oxygen atoms in total. The van der Waals surface area contributed by atoms with Gasteiger partial charge in [-0.25, -0.2) is 0 Å². The Labute approximate surface area is 96.9 Å². The van der Waals surface area contributed by atoms with Crippen molar-refractivity contribution in [2.24, 2.45) is 11.8 Å². The fourth-order valence-electron chi connectivity index (χ4n) is 0.768. The summed E-state index contributed by atoms with van der Waals surface area (Å²) in [5.74, 6) is 0.902. The average Bonchev–Trinajstić information content (AvgIpc) is 2.02. The van der Waals surface area contributed by atoms with E-state index in [1.807, 2.05) is 0 Å². The molecule has 0 N–H and O–H groups in total. The maximum absolute atomic E-state index is 5.73. The highest BCUT2D eigenvalue weighted by molar-refractivity contribution is 6.44. The van der Waals surface area contributed by atoms with Gasteiger partial charge in [0.15, 0.2) is 11.1 Å². The van der Waals surface area contributed by atoms with Gasteiger partial charge in [-0.05, 0) is 11.8 Å².